The number of ether oxygens (including phenoxy) is 1. The first-order valence-corrected chi connectivity index (χ1v) is 5.56. The third-order valence-electron chi connectivity index (χ3n) is 3.22. The molecule has 2 aliphatic heterocycles. The Morgan fingerprint density at radius 1 is 1.44 bits per heavy atom. The molecule has 0 bridgehead atoms. The van der Waals surface area contributed by atoms with Gasteiger partial charge in [-0.25, -0.2) is 4.79 Å². The first kappa shape index (κ1) is 9.77. The zero-order chi connectivity index (χ0) is 11.1. The monoisotopic (exact) mass is 223 g/mol. The van der Waals surface area contributed by atoms with E-state index in [-0.39, 0.29) is 6.10 Å². The number of aliphatic carboxylic acids is 1. The Morgan fingerprint density at radius 2 is 2.31 bits per heavy atom. The average Bonchev–Trinajstić information content (AvgIpc) is 2.92. The minimum Gasteiger partial charge on any atom is -0.479 e. The molecule has 3 rings (SSSR count). The topological polar surface area (TPSA) is 77.2 Å². The van der Waals surface area contributed by atoms with E-state index in [4.69, 9.17) is 9.84 Å². The Bertz CT molecular complexity index is 429. The molecule has 1 saturated heterocycles. The Kier molecular flexibility index (Phi) is 2.17. The highest BCUT2D eigenvalue weighted by molar-refractivity contribution is 5.72. The number of carboxylic acid groups (broad SMARTS) is 1. The highest BCUT2D eigenvalue weighted by Crippen LogP contribution is 2.33. The summed E-state index contributed by atoms with van der Waals surface area (Å²) in [6.07, 6.45) is 2.45. The zero-order valence-corrected chi connectivity index (χ0v) is 8.80. The molecule has 0 aliphatic carbocycles. The van der Waals surface area contributed by atoms with Crippen molar-refractivity contribution >= 4 is 5.97 Å². The predicted octanol–water partition coefficient (Wildman–Crippen LogP) is 0.529. The van der Waals surface area contributed by atoms with Gasteiger partial charge >= 0.3 is 5.97 Å². The van der Waals surface area contributed by atoms with Crippen LogP contribution in [-0.2, 0) is 22.5 Å². The SMILES string of the molecule is O=C(O)C1CCC(c2nnc3n2CCC3)O1. The van der Waals surface area contributed by atoms with Crippen LogP contribution in [0.25, 0.3) is 0 Å². The van der Waals surface area contributed by atoms with E-state index in [0.717, 1.165) is 37.5 Å². The second-order valence-corrected chi connectivity index (χ2v) is 4.26. The molecule has 2 aliphatic rings. The summed E-state index contributed by atoms with van der Waals surface area (Å²) in [6, 6.07) is 0. The molecule has 1 N–H and O–H groups in total. The number of fused-ring (bicyclic) bond motifs is 1. The van der Waals surface area contributed by atoms with Crippen LogP contribution in [0.1, 0.15) is 37.0 Å². The van der Waals surface area contributed by atoms with Crippen LogP contribution in [0.3, 0.4) is 0 Å². The van der Waals surface area contributed by atoms with Crippen molar-refractivity contribution in [1.82, 2.24) is 14.8 Å². The summed E-state index contributed by atoms with van der Waals surface area (Å²) in [4.78, 5) is 10.8. The fourth-order valence-corrected chi connectivity index (χ4v) is 2.42. The lowest BCUT2D eigenvalue weighted by molar-refractivity contribution is -0.149. The molecular weight excluding hydrogens is 210 g/mol. The number of carboxylic acids is 1. The fraction of sp³-hybridized carbons (Fsp3) is 0.700. The quantitative estimate of drug-likeness (QED) is 0.791. The zero-order valence-electron chi connectivity index (χ0n) is 8.80. The number of hydrogen-bond acceptors (Lipinski definition) is 4. The van der Waals surface area contributed by atoms with Crippen LogP contribution in [-0.4, -0.2) is 31.9 Å². The molecule has 0 saturated carbocycles. The Balaban J connectivity index is 1.81. The summed E-state index contributed by atoms with van der Waals surface area (Å²) in [5.74, 6) is 0.914. The molecule has 6 heteroatoms. The molecule has 86 valence electrons. The van der Waals surface area contributed by atoms with E-state index in [1.165, 1.54) is 0 Å². The van der Waals surface area contributed by atoms with E-state index in [1.54, 1.807) is 0 Å². The molecule has 1 fully saturated rings. The summed E-state index contributed by atoms with van der Waals surface area (Å²) in [6.45, 7) is 0.926. The summed E-state index contributed by atoms with van der Waals surface area (Å²) in [7, 11) is 0. The number of aromatic nitrogens is 3. The molecule has 6 nitrogen and oxygen atoms in total. The maximum absolute atomic E-state index is 10.8. The average molecular weight is 223 g/mol. The first-order chi connectivity index (χ1) is 7.75. The van der Waals surface area contributed by atoms with Gasteiger partial charge in [0.2, 0.25) is 0 Å². The summed E-state index contributed by atoms with van der Waals surface area (Å²) >= 11 is 0. The lowest BCUT2D eigenvalue weighted by atomic mass is 10.2. The lowest BCUT2D eigenvalue weighted by Gasteiger charge is -2.10. The van der Waals surface area contributed by atoms with Gasteiger partial charge < -0.3 is 14.4 Å². The number of rotatable bonds is 2. The highest BCUT2D eigenvalue weighted by Gasteiger charge is 2.35. The largest absolute Gasteiger partial charge is 0.479 e. The predicted molar refractivity (Wildman–Crippen MR) is 52.8 cm³/mol. The second-order valence-electron chi connectivity index (χ2n) is 4.26. The van der Waals surface area contributed by atoms with Gasteiger partial charge in [-0.2, -0.15) is 0 Å². The van der Waals surface area contributed by atoms with Crippen LogP contribution in [0.4, 0.5) is 0 Å². The van der Waals surface area contributed by atoms with Gasteiger partial charge in [0.1, 0.15) is 11.9 Å². The lowest BCUT2D eigenvalue weighted by Crippen LogP contribution is -2.19. The molecule has 0 amide bonds. The maximum Gasteiger partial charge on any atom is 0.332 e. The van der Waals surface area contributed by atoms with Crippen LogP contribution in [0.2, 0.25) is 0 Å². The highest BCUT2D eigenvalue weighted by atomic mass is 16.5. The number of nitrogens with zero attached hydrogens (tertiary/aromatic N) is 3. The minimum absolute atomic E-state index is 0.194. The Hall–Kier alpha value is -1.43. The van der Waals surface area contributed by atoms with E-state index in [1.807, 2.05) is 0 Å². The third kappa shape index (κ3) is 1.41. The van der Waals surface area contributed by atoms with Crippen molar-refractivity contribution < 1.29 is 14.6 Å². The molecule has 1 aromatic rings. The molecule has 0 spiro atoms. The van der Waals surface area contributed by atoms with E-state index in [2.05, 4.69) is 14.8 Å². The van der Waals surface area contributed by atoms with Gasteiger partial charge in [-0.15, -0.1) is 10.2 Å². The molecule has 1 aromatic heterocycles. The fourth-order valence-electron chi connectivity index (χ4n) is 2.42. The molecule has 0 aromatic carbocycles. The van der Waals surface area contributed by atoms with Crippen molar-refractivity contribution in [2.75, 3.05) is 0 Å². The van der Waals surface area contributed by atoms with Crippen molar-refractivity contribution in [1.29, 1.82) is 0 Å². The Labute approximate surface area is 92.2 Å². The normalized spacial score (nSPS) is 28.2. The molecule has 2 atom stereocenters. The number of carbonyl (C=O) groups is 1. The third-order valence-corrected chi connectivity index (χ3v) is 3.22. The number of hydrogen-bond donors (Lipinski definition) is 1. The second kappa shape index (κ2) is 3.55. The summed E-state index contributed by atoms with van der Waals surface area (Å²) < 4.78 is 7.53. The molecule has 16 heavy (non-hydrogen) atoms. The van der Waals surface area contributed by atoms with Gasteiger partial charge in [0, 0.05) is 13.0 Å². The van der Waals surface area contributed by atoms with Crippen molar-refractivity contribution in [3.05, 3.63) is 11.6 Å². The molecule has 0 radical (unpaired) electrons. The van der Waals surface area contributed by atoms with Gasteiger partial charge in [-0.05, 0) is 19.3 Å². The summed E-state index contributed by atoms with van der Waals surface area (Å²) in [5, 5.41) is 17.1. The van der Waals surface area contributed by atoms with Gasteiger partial charge in [0.25, 0.3) is 0 Å². The maximum atomic E-state index is 10.8. The number of aryl methyl sites for hydroxylation is 1. The summed E-state index contributed by atoms with van der Waals surface area (Å²) in [5.41, 5.74) is 0. The van der Waals surface area contributed by atoms with Crippen molar-refractivity contribution in [2.24, 2.45) is 0 Å². The van der Waals surface area contributed by atoms with Crippen LogP contribution < -0.4 is 0 Å². The van der Waals surface area contributed by atoms with Gasteiger partial charge in [0.05, 0.1) is 0 Å². The first-order valence-electron chi connectivity index (χ1n) is 5.56. The van der Waals surface area contributed by atoms with Crippen molar-refractivity contribution in [2.45, 2.75) is 44.4 Å². The van der Waals surface area contributed by atoms with Crippen LogP contribution in [0, 0.1) is 0 Å². The van der Waals surface area contributed by atoms with Crippen molar-refractivity contribution in [3.63, 3.8) is 0 Å². The van der Waals surface area contributed by atoms with E-state index in [9.17, 15) is 4.79 Å². The molecular formula is C10H13N3O3. The standard InChI is InChI=1S/C10H13N3O3/c14-10(15)7-4-3-6(16-7)9-12-11-8-2-1-5-13(8)9/h6-7H,1-5H2,(H,14,15). The molecule has 3 heterocycles. The van der Waals surface area contributed by atoms with Gasteiger partial charge in [0.15, 0.2) is 11.9 Å². The van der Waals surface area contributed by atoms with Crippen LogP contribution in [0.5, 0.6) is 0 Å². The van der Waals surface area contributed by atoms with Gasteiger partial charge in [-0.1, -0.05) is 0 Å². The molecule has 2 unspecified atom stereocenters. The van der Waals surface area contributed by atoms with Crippen molar-refractivity contribution in [3.8, 4) is 0 Å². The van der Waals surface area contributed by atoms with Crippen LogP contribution >= 0.6 is 0 Å². The van der Waals surface area contributed by atoms with E-state index >= 15 is 0 Å². The van der Waals surface area contributed by atoms with E-state index in [0.29, 0.717) is 6.42 Å². The van der Waals surface area contributed by atoms with Gasteiger partial charge in [-0.3, -0.25) is 0 Å². The van der Waals surface area contributed by atoms with E-state index < -0.39 is 12.1 Å². The van der Waals surface area contributed by atoms with Crippen LogP contribution in [0.15, 0.2) is 0 Å². The smallest absolute Gasteiger partial charge is 0.332 e. The minimum atomic E-state index is -0.885. The Morgan fingerprint density at radius 3 is 3.06 bits per heavy atom.